The van der Waals surface area contributed by atoms with E-state index in [1.165, 1.54) is 17.2 Å². The Morgan fingerprint density at radius 3 is 0.756 bits per heavy atom. The molecule has 0 bridgehead atoms. The molecule has 5 heteroatoms. The second-order valence-corrected chi connectivity index (χ2v) is 21.0. The summed E-state index contributed by atoms with van der Waals surface area (Å²) in [6.45, 7) is 46.3. The molecule has 0 saturated carbocycles. The second-order valence-electron chi connectivity index (χ2n) is 21.0. The van der Waals surface area contributed by atoms with Crippen molar-refractivity contribution in [3.05, 3.63) is 248 Å². The van der Waals surface area contributed by atoms with Crippen molar-refractivity contribution in [3.8, 4) is 0 Å². The Bertz CT molecular complexity index is 2430. The van der Waals surface area contributed by atoms with Crippen LogP contribution in [0.4, 0.5) is 22.0 Å². The maximum Gasteiger partial charge on any atom is 0.126 e. The number of rotatable bonds is 7. The average molecular weight is 1080 g/mol. The molecule has 0 N–H and O–H groups in total. The zero-order chi connectivity index (χ0) is 59.5. The van der Waals surface area contributed by atoms with Crippen LogP contribution in [-0.4, -0.2) is 0 Å². The van der Waals surface area contributed by atoms with Crippen LogP contribution in [0.1, 0.15) is 240 Å². The van der Waals surface area contributed by atoms with E-state index in [1.807, 2.05) is 178 Å². The number of hydrogen-bond donors (Lipinski definition) is 0. The third-order valence-corrected chi connectivity index (χ3v) is 11.9. The van der Waals surface area contributed by atoms with Gasteiger partial charge in [0.05, 0.1) is 0 Å². The van der Waals surface area contributed by atoms with Gasteiger partial charge in [-0.05, 0) is 168 Å². The Balaban J connectivity index is -0.000000831. The molecule has 0 radical (unpaired) electrons. The van der Waals surface area contributed by atoms with Gasteiger partial charge < -0.3 is 0 Å². The summed E-state index contributed by atoms with van der Waals surface area (Å²) in [4.78, 5) is 0. The molecule has 0 saturated heterocycles. The molecule has 0 atom stereocenters. The van der Waals surface area contributed by atoms with Crippen LogP contribution in [0.5, 0.6) is 0 Å². The lowest BCUT2D eigenvalue weighted by molar-refractivity contribution is 0.596. The van der Waals surface area contributed by atoms with Crippen molar-refractivity contribution < 1.29 is 22.0 Å². The molecule has 0 fully saturated rings. The summed E-state index contributed by atoms with van der Waals surface area (Å²) in [6, 6.07) is 47.8. The van der Waals surface area contributed by atoms with E-state index in [1.54, 1.807) is 37.3 Å². The lowest BCUT2D eigenvalue weighted by Crippen LogP contribution is -1.92. The zero-order valence-electron chi connectivity index (χ0n) is 51.9. The highest BCUT2D eigenvalue weighted by Crippen LogP contribution is 2.23. The van der Waals surface area contributed by atoms with Crippen molar-refractivity contribution in [2.75, 3.05) is 0 Å². The number of halogens is 5. The van der Waals surface area contributed by atoms with Crippen LogP contribution in [0.2, 0.25) is 0 Å². The van der Waals surface area contributed by atoms with Gasteiger partial charge in [0.1, 0.15) is 29.1 Å². The van der Waals surface area contributed by atoms with E-state index >= 15 is 0 Å². The number of benzene rings is 7. The van der Waals surface area contributed by atoms with Crippen LogP contribution in [-0.2, 0) is 0 Å². The van der Waals surface area contributed by atoms with Crippen LogP contribution >= 0.6 is 0 Å². The molecule has 0 aliphatic heterocycles. The van der Waals surface area contributed by atoms with Gasteiger partial charge in [-0.1, -0.05) is 259 Å². The van der Waals surface area contributed by atoms with Gasteiger partial charge in [0, 0.05) is 0 Å². The standard InChI is InChI=1S/5C10H13F.2C9H12.2C2H6.CH4/c1-7(2)9-5-4-8(3)10(11)6-9;1-7(2)9-6-8(3)4-5-10(9)11;3*1-7(2)9-5-4-8(3)6-10(9)11;2*1-8(2)9-6-4-3-5-7-9;2*1-2;/h5*4-7H,1-3H3;2*3-8H,1-2H3;2*1-2H3;1H4. The molecule has 0 aliphatic rings. The van der Waals surface area contributed by atoms with E-state index in [0.29, 0.717) is 17.8 Å². The normalized spacial score (nSPS) is 9.99. The first-order valence-electron chi connectivity index (χ1n) is 28.1. The van der Waals surface area contributed by atoms with E-state index in [0.717, 1.165) is 55.6 Å². The average Bonchev–Trinajstić information content (AvgIpc) is 3.38. The van der Waals surface area contributed by atoms with Gasteiger partial charge in [-0.2, -0.15) is 0 Å². The lowest BCUT2D eigenvalue weighted by Gasteiger charge is -2.06. The highest BCUT2D eigenvalue weighted by molar-refractivity contribution is 5.29. The topological polar surface area (TPSA) is 0 Å². The Kier molecular flexibility index (Phi) is 41.3. The smallest absolute Gasteiger partial charge is 0.126 e. The number of hydrogen-bond acceptors (Lipinski definition) is 0. The minimum absolute atomic E-state index is 0. The van der Waals surface area contributed by atoms with Gasteiger partial charge >= 0.3 is 0 Å². The van der Waals surface area contributed by atoms with E-state index in [4.69, 9.17) is 0 Å². The van der Waals surface area contributed by atoms with E-state index < -0.39 is 0 Å². The third kappa shape index (κ3) is 31.6. The minimum Gasteiger partial charge on any atom is -0.207 e. The SMILES string of the molecule is C.CC.CC.CC(C)c1ccccc1.CC(C)c1ccccc1.Cc1ccc(C(C)C)c(F)c1.Cc1ccc(C(C)C)c(F)c1.Cc1ccc(C(C)C)c(F)c1.Cc1ccc(C(C)C)cc1F.Cc1ccc(F)c(C(C)C)c1. The fourth-order valence-corrected chi connectivity index (χ4v) is 7.05. The Labute approximate surface area is 475 Å². The largest absolute Gasteiger partial charge is 0.207 e. The molecule has 0 unspecified atom stereocenters. The van der Waals surface area contributed by atoms with Gasteiger partial charge in [-0.3, -0.25) is 0 Å². The molecule has 78 heavy (non-hydrogen) atoms. The molecule has 0 aromatic heterocycles. The summed E-state index contributed by atoms with van der Waals surface area (Å²) in [6.07, 6.45) is 0. The van der Waals surface area contributed by atoms with Gasteiger partial charge in [0.15, 0.2) is 0 Å². The summed E-state index contributed by atoms with van der Waals surface area (Å²) >= 11 is 0. The molecule has 432 valence electrons. The molecule has 7 rings (SSSR count). The van der Waals surface area contributed by atoms with Crippen LogP contribution in [0.3, 0.4) is 0 Å². The third-order valence-electron chi connectivity index (χ3n) is 11.9. The van der Waals surface area contributed by atoms with Gasteiger partial charge in [0.2, 0.25) is 0 Å². The first-order valence-corrected chi connectivity index (χ1v) is 28.1. The van der Waals surface area contributed by atoms with E-state index in [9.17, 15) is 22.0 Å². The molecular formula is C73H105F5. The molecule has 0 nitrogen and oxygen atoms in total. The van der Waals surface area contributed by atoms with Gasteiger partial charge in [-0.15, -0.1) is 0 Å². The zero-order valence-corrected chi connectivity index (χ0v) is 51.9. The fourth-order valence-electron chi connectivity index (χ4n) is 7.05. The van der Waals surface area contributed by atoms with Crippen LogP contribution in [0, 0.1) is 63.7 Å². The molecule has 0 heterocycles. The molecule has 7 aromatic rings. The highest BCUT2D eigenvalue weighted by atomic mass is 19.1. The van der Waals surface area contributed by atoms with Crippen molar-refractivity contribution in [1.82, 2.24) is 0 Å². The summed E-state index contributed by atoms with van der Waals surface area (Å²) in [5, 5.41) is 0. The van der Waals surface area contributed by atoms with Crippen molar-refractivity contribution in [1.29, 1.82) is 0 Å². The lowest BCUT2D eigenvalue weighted by atomic mass is 10.0. The Hall–Kier alpha value is -5.81. The fraction of sp³-hybridized carbons (Fsp3) is 0.425. The summed E-state index contributed by atoms with van der Waals surface area (Å²) in [5.74, 6) is 2.38. The quantitative estimate of drug-likeness (QED) is 0.140. The van der Waals surface area contributed by atoms with Gasteiger partial charge in [-0.25, -0.2) is 22.0 Å². The maximum atomic E-state index is 13.1. The van der Waals surface area contributed by atoms with Crippen LogP contribution < -0.4 is 0 Å². The van der Waals surface area contributed by atoms with Crippen molar-refractivity contribution in [2.24, 2.45) is 0 Å². The van der Waals surface area contributed by atoms with E-state index in [-0.39, 0.29) is 60.2 Å². The summed E-state index contributed by atoms with van der Waals surface area (Å²) in [7, 11) is 0. The predicted molar refractivity (Wildman–Crippen MR) is 337 cm³/mol. The monoisotopic (exact) mass is 1080 g/mol. The van der Waals surface area contributed by atoms with E-state index in [2.05, 4.69) is 90.1 Å². The first kappa shape index (κ1) is 76.4. The number of aryl methyl sites for hydroxylation is 5. The second kappa shape index (κ2) is 42.2. The molecule has 0 spiro atoms. The van der Waals surface area contributed by atoms with Crippen LogP contribution in [0.25, 0.3) is 0 Å². The highest BCUT2D eigenvalue weighted by Gasteiger charge is 2.08. The first-order chi connectivity index (χ1) is 36.2. The Morgan fingerprint density at radius 1 is 0.244 bits per heavy atom. The summed E-state index contributed by atoms with van der Waals surface area (Å²) < 4.78 is 65.3. The summed E-state index contributed by atoms with van der Waals surface area (Å²) in [5.41, 5.74) is 11.9. The Morgan fingerprint density at radius 2 is 0.526 bits per heavy atom. The molecular weight excluding hydrogens is 972 g/mol. The molecule has 0 aliphatic carbocycles. The van der Waals surface area contributed by atoms with Crippen molar-refractivity contribution >= 4 is 0 Å². The van der Waals surface area contributed by atoms with Crippen molar-refractivity contribution in [3.63, 3.8) is 0 Å². The predicted octanol–water partition coefficient (Wildman–Crippen LogP) is 24.6. The van der Waals surface area contributed by atoms with Crippen LogP contribution in [0.15, 0.2) is 152 Å². The molecule has 0 amide bonds. The van der Waals surface area contributed by atoms with Gasteiger partial charge in [0.25, 0.3) is 0 Å². The molecule has 7 aromatic carbocycles. The minimum atomic E-state index is -0.101. The van der Waals surface area contributed by atoms with Crippen molar-refractivity contribution in [2.45, 2.75) is 208 Å². The maximum absolute atomic E-state index is 13.1.